The van der Waals surface area contributed by atoms with E-state index in [1.165, 1.54) is 13.0 Å². The van der Waals surface area contributed by atoms with Gasteiger partial charge >= 0.3 is 0 Å². The molecule has 2 atom stereocenters. The van der Waals surface area contributed by atoms with Gasteiger partial charge in [0, 0.05) is 31.7 Å². The molecule has 0 aliphatic carbocycles. The lowest BCUT2D eigenvalue weighted by molar-refractivity contribution is -0.0480. The highest BCUT2D eigenvalue weighted by Gasteiger charge is 2.32. The van der Waals surface area contributed by atoms with Gasteiger partial charge < -0.3 is 10.1 Å². The Labute approximate surface area is 80.4 Å². The lowest BCUT2D eigenvalue weighted by atomic mass is 9.99. The van der Waals surface area contributed by atoms with Crippen LogP contribution in [0.5, 0.6) is 0 Å². The van der Waals surface area contributed by atoms with Gasteiger partial charge in [-0.05, 0) is 20.3 Å². The first-order chi connectivity index (χ1) is 6.27. The van der Waals surface area contributed by atoms with Crippen molar-refractivity contribution in [1.82, 2.24) is 10.2 Å². The van der Waals surface area contributed by atoms with Crippen LogP contribution < -0.4 is 5.32 Å². The van der Waals surface area contributed by atoms with Crippen LogP contribution in [0.2, 0.25) is 0 Å². The Morgan fingerprint density at radius 2 is 2.31 bits per heavy atom. The van der Waals surface area contributed by atoms with Gasteiger partial charge in [-0.2, -0.15) is 0 Å². The Kier molecular flexibility index (Phi) is 2.86. The Bertz CT molecular complexity index is 172. The predicted octanol–water partition coefficient (Wildman–Crippen LogP) is 0.457. The lowest BCUT2D eigenvalue weighted by Crippen LogP contribution is -2.59. The number of morpholine rings is 1. The average molecular weight is 184 g/mol. The van der Waals surface area contributed by atoms with Gasteiger partial charge in [0.15, 0.2) is 0 Å². The molecule has 13 heavy (non-hydrogen) atoms. The van der Waals surface area contributed by atoms with E-state index in [0.717, 1.165) is 19.7 Å². The van der Waals surface area contributed by atoms with Crippen molar-refractivity contribution >= 4 is 0 Å². The van der Waals surface area contributed by atoms with Crippen LogP contribution in [0.25, 0.3) is 0 Å². The summed E-state index contributed by atoms with van der Waals surface area (Å²) >= 11 is 0. The second-order valence-electron chi connectivity index (χ2n) is 4.35. The summed E-state index contributed by atoms with van der Waals surface area (Å²) in [6.45, 7) is 8.80. The minimum absolute atomic E-state index is 0.476. The number of hydrogen-bond acceptors (Lipinski definition) is 3. The Hall–Kier alpha value is -0.120. The van der Waals surface area contributed by atoms with E-state index < -0.39 is 0 Å². The van der Waals surface area contributed by atoms with Gasteiger partial charge in [0.1, 0.15) is 0 Å². The zero-order chi connectivity index (χ0) is 9.26. The molecule has 0 aromatic rings. The van der Waals surface area contributed by atoms with Gasteiger partial charge in [-0.3, -0.25) is 4.90 Å². The molecule has 0 bridgehead atoms. The molecule has 3 heteroatoms. The molecule has 2 aliphatic rings. The van der Waals surface area contributed by atoms with E-state index in [1.54, 1.807) is 0 Å². The third-order valence-corrected chi connectivity index (χ3v) is 3.15. The van der Waals surface area contributed by atoms with E-state index in [-0.39, 0.29) is 0 Å². The van der Waals surface area contributed by atoms with Gasteiger partial charge in [0.25, 0.3) is 0 Å². The van der Waals surface area contributed by atoms with E-state index in [4.69, 9.17) is 4.74 Å². The van der Waals surface area contributed by atoms with E-state index in [0.29, 0.717) is 18.2 Å². The molecule has 2 fully saturated rings. The summed E-state index contributed by atoms with van der Waals surface area (Å²) in [5.41, 5.74) is 0. The summed E-state index contributed by atoms with van der Waals surface area (Å²) in [6, 6.07) is 1.24. The van der Waals surface area contributed by atoms with E-state index in [1.807, 2.05) is 0 Å². The molecule has 0 unspecified atom stereocenters. The van der Waals surface area contributed by atoms with E-state index >= 15 is 0 Å². The van der Waals surface area contributed by atoms with Crippen molar-refractivity contribution in [3.05, 3.63) is 0 Å². The highest BCUT2D eigenvalue weighted by atomic mass is 16.5. The molecule has 2 heterocycles. The normalized spacial score (nSPS) is 36.2. The van der Waals surface area contributed by atoms with Crippen molar-refractivity contribution in [2.45, 2.75) is 38.5 Å². The first-order valence-electron chi connectivity index (χ1n) is 5.36. The second-order valence-corrected chi connectivity index (χ2v) is 4.35. The predicted molar refractivity (Wildman–Crippen MR) is 52.9 cm³/mol. The maximum absolute atomic E-state index is 5.72. The first kappa shape index (κ1) is 9.44. The lowest BCUT2D eigenvalue weighted by Gasteiger charge is -2.43. The quantitative estimate of drug-likeness (QED) is 0.640. The Morgan fingerprint density at radius 1 is 1.46 bits per heavy atom. The van der Waals surface area contributed by atoms with Gasteiger partial charge in [0.2, 0.25) is 0 Å². The molecular formula is C10H20N2O. The number of piperidine rings is 1. The summed E-state index contributed by atoms with van der Waals surface area (Å²) < 4.78 is 5.72. The first-order valence-corrected chi connectivity index (χ1v) is 5.36. The molecule has 2 aliphatic heterocycles. The van der Waals surface area contributed by atoms with Crippen molar-refractivity contribution < 1.29 is 4.74 Å². The minimum Gasteiger partial charge on any atom is -0.375 e. The smallest absolute Gasteiger partial charge is 0.0753 e. The molecule has 76 valence electrons. The fourth-order valence-corrected chi connectivity index (χ4v) is 2.27. The molecule has 1 N–H and O–H groups in total. The van der Waals surface area contributed by atoms with Crippen LogP contribution in [0.15, 0.2) is 0 Å². The van der Waals surface area contributed by atoms with Crippen LogP contribution in [0.4, 0.5) is 0 Å². The molecule has 0 aromatic carbocycles. The standard InChI is InChI=1S/C10H20N2O/c1-8(2)12-5-3-10-9(7-12)11-4-6-13-10/h8-11H,3-7H2,1-2H3/t9-,10+/m1/s1. The molecule has 2 saturated heterocycles. The van der Waals surface area contributed by atoms with Crippen LogP contribution in [-0.4, -0.2) is 49.3 Å². The molecule has 0 radical (unpaired) electrons. The summed E-state index contributed by atoms with van der Waals surface area (Å²) in [7, 11) is 0. The van der Waals surface area contributed by atoms with Crippen molar-refractivity contribution in [3.8, 4) is 0 Å². The number of hydrogen-bond donors (Lipinski definition) is 1. The highest BCUT2D eigenvalue weighted by Crippen LogP contribution is 2.18. The van der Waals surface area contributed by atoms with Gasteiger partial charge in [-0.25, -0.2) is 0 Å². The molecule has 0 amide bonds. The third-order valence-electron chi connectivity index (χ3n) is 3.15. The highest BCUT2D eigenvalue weighted by molar-refractivity contribution is 4.89. The molecule has 3 nitrogen and oxygen atoms in total. The van der Waals surface area contributed by atoms with Crippen molar-refractivity contribution in [2.75, 3.05) is 26.2 Å². The fourth-order valence-electron chi connectivity index (χ4n) is 2.27. The van der Waals surface area contributed by atoms with E-state index in [9.17, 15) is 0 Å². The number of rotatable bonds is 1. The van der Waals surface area contributed by atoms with Crippen LogP contribution >= 0.6 is 0 Å². The number of nitrogens with zero attached hydrogens (tertiary/aromatic N) is 1. The zero-order valence-electron chi connectivity index (χ0n) is 8.62. The monoisotopic (exact) mass is 184 g/mol. The number of likely N-dealkylation sites (tertiary alicyclic amines) is 1. The summed E-state index contributed by atoms with van der Waals surface area (Å²) in [6.07, 6.45) is 1.67. The second kappa shape index (κ2) is 3.95. The maximum Gasteiger partial charge on any atom is 0.0753 e. The molecule has 0 saturated carbocycles. The third kappa shape index (κ3) is 2.03. The topological polar surface area (TPSA) is 24.5 Å². The summed E-state index contributed by atoms with van der Waals surface area (Å²) in [5, 5.41) is 3.54. The fraction of sp³-hybridized carbons (Fsp3) is 1.00. The van der Waals surface area contributed by atoms with Gasteiger partial charge in [-0.15, -0.1) is 0 Å². The Balaban J connectivity index is 1.91. The molecule has 0 aromatic heterocycles. The van der Waals surface area contributed by atoms with Crippen molar-refractivity contribution in [2.24, 2.45) is 0 Å². The summed E-state index contributed by atoms with van der Waals surface area (Å²) in [5.74, 6) is 0. The van der Waals surface area contributed by atoms with Crippen LogP contribution in [0.1, 0.15) is 20.3 Å². The molecular weight excluding hydrogens is 164 g/mol. The van der Waals surface area contributed by atoms with Crippen molar-refractivity contribution in [3.63, 3.8) is 0 Å². The van der Waals surface area contributed by atoms with Gasteiger partial charge in [0.05, 0.1) is 12.7 Å². The SMILES string of the molecule is CC(C)N1CC[C@@H]2OCCN[C@@H]2C1. The van der Waals surface area contributed by atoms with Crippen LogP contribution in [-0.2, 0) is 4.74 Å². The summed E-state index contributed by atoms with van der Waals surface area (Å²) in [4.78, 5) is 2.53. The van der Waals surface area contributed by atoms with Crippen molar-refractivity contribution in [1.29, 1.82) is 0 Å². The zero-order valence-corrected chi connectivity index (χ0v) is 8.62. The average Bonchev–Trinajstić information content (AvgIpc) is 2.17. The van der Waals surface area contributed by atoms with Crippen LogP contribution in [0, 0.1) is 0 Å². The minimum atomic E-state index is 0.476. The van der Waals surface area contributed by atoms with Gasteiger partial charge in [-0.1, -0.05) is 0 Å². The Morgan fingerprint density at radius 3 is 3.08 bits per heavy atom. The van der Waals surface area contributed by atoms with Crippen LogP contribution in [0.3, 0.4) is 0 Å². The number of nitrogens with one attached hydrogen (secondary N) is 1. The maximum atomic E-state index is 5.72. The molecule has 0 spiro atoms. The number of ether oxygens (including phenoxy) is 1. The molecule has 2 rings (SSSR count). The number of fused-ring (bicyclic) bond motifs is 1. The van der Waals surface area contributed by atoms with E-state index in [2.05, 4.69) is 24.1 Å². The largest absolute Gasteiger partial charge is 0.375 e.